The van der Waals surface area contributed by atoms with Crippen molar-refractivity contribution in [2.45, 2.75) is 18.6 Å². The summed E-state index contributed by atoms with van der Waals surface area (Å²) in [6.45, 7) is 2.25. The number of hydrogen-bond acceptors (Lipinski definition) is 6. The average molecular weight is 406 g/mol. The average Bonchev–Trinajstić information content (AvgIpc) is 2.85. The lowest BCUT2D eigenvalue weighted by Crippen LogP contribution is -2.25. The van der Waals surface area contributed by atoms with E-state index in [0.717, 1.165) is 0 Å². The lowest BCUT2D eigenvalue weighted by molar-refractivity contribution is 0.0526. The highest BCUT2D eigenvalue weighted by atomic mass is 35.5. The van der Waals surface area contributed by atoms with E-state index in [0.29, 0.717) is 5.16 Å². The standard InChI is InChI=1S/C15H17Cl2N3O4S/c1-4-23-13(21)9-5-6-10(16)12(11(9)17)24-8-7-20-15(22)19(2)14(18-20)25-3/h5-6H,4,7-8H2,1-3H3. The maximum absolute atomic E-state index is 12.0. The molecule has 1 heterocycles. The first-order chi connectivity index (χ1) is 11.9. The summed E-state index contributed by atoms with van der Waals surface area (Å²) >= 11 is 13.7. The molecule has 0 saturated carbocycles. The predicted molar refractivity (Wildman–Crippen MR) is 97.2 cm³/mol. The minimum Gasteiger partial charge on any atom is -0.488 e. The Hall–Kier alpha value is -1.64. The highest BCUT2D eigenvalue weighted by Gasteiger charge is 2.18. The van der Waals surface area contributed by atoms with Gasteiger partial charge < -0.3 is 9.47 Å². The summed E-state index contributed by atoms with van der Waals surface area (Å²) in [7, 11) is 1.65. The second-order valence-corrected chi connectivity index (χ2v) is 6.42. The van der Waals surface area contributed by atoms with Crippen LogP contribution in [0.3, 0.4) is 0 Å². The summed E-state index contributed by atoms with van der Waals surface area (Å²) in [4.78, 5) is 23.9. The van der Waals surface area contributed by atoms with Gasteiger partial charge in [0, 0.05) is 7.05 Å². The van der Waals surface area contributed by atoms with Crippen molar-refractivity contribution in [1.29, 1.82) is 0 Å². The van der Waals surface area contributed by atoms with Crippen LogP contribution in [0, 0.1) is 0 Å². The van der Waals surface area contributed by atoms with E-state index in [1.807, 2.05) is 6.26 Å². The van der Waals surface area contributed by atoms with Crippen molar-refractivity contribution >= 4 is 40.9 Å². The lowest BCUT2D eigenvalue weighted by atomic mass is 10.2. The molecule has 0 aliphatic carbocycles. The van der Waals surface area contributed by atoms with Crippen molar-refractivity contribution in [3.63, 3.8) is 0 Å². The van der Waals surface area contributed by atoms with Crippen LogP contribution in [0.25, 0.3) is 0 Å². The number of thioether (sulfide) groups is 1. The van der Waals surface area contributed by atoms with E-state index < -0.39 is 5.97 Å². The van der Waals surface area contributed by atoms with E-state index in [4.69, 9.17) is 32.7 Å². The summed E-state index contributed by atoms with van der Waals surface area (Å²) < 4.78 is 13.3. The molecule has 0 aliphatic rings. The fourth-order valence-electron chi connectivity index (χ4n) is 2.06. The molecule has 7 nitrogen and oxygen atoms in total. The molecule has 0 bridgehead atoms. The van der Waals surface area contributed by atoms with Gasteiger partial charge in [-0.05, 0) is 25.3 Å². The minimum absolute atomic E-state index is 0.0733. The quantitative estimate of drug-likeness (QED) is 0.520. The van der Waals surface area contributed by atoms with Crippen molar-refractivity contribution in [1.82, 2.24) is 14.3 Å². The maximum atomic E-state index is 12.0. The molecule has 0 unspecified atom stereocenters. The molecule has 0 aliphatic heterocycles. The summed E-state index contributed by atoms with van der Waals surface area (Å²) in [6, 6.07) is 2.98. The molecule has 2 rings (SSSR count). The van der Waals surface area contributed by atoms with E-state index in [9.17, 15) is 9.59 Å². The predicted octanol–water partition coefficient (Wildman–Crippen LogP) is 2.87. The van der Waals surface area contributed by atoms with Gasteiger partial charge in [-0.1, -0.05) is 35.0 Å². The molecule has 0 fully saturated rings. The Morgan fingerprint density at radius 1 is 1.36 bits per heavy atom. The van der Waals surface area contributed by atoms with Crippen LogP contribution in [0.2, 0.25) is 10.0 Å². The van der Waals surface area contributed by atoms with Crippen LogP contribution in [0.4, 0.5) is 0 Å². The van der Waals surface area contributed by atoms with Crippen LogP contribution < -0.4 is 10.4 Å². The Morgan fingerprint density at radius 3 is 2.68 bits per heavy atom. The molecule has 10 heteroatoms. The Bertz CT molecular complexity index is 835. The second kappa shape index (κ2) is 8.64. The Balaban J connectivity index is 2.14. The highest BCUT2D eigenvalue weighted by molar-refractivity contribution is 7.98. The number of nitrogens with zero attached hydrogens (tertiary/aromatic N) is 3. The van der Waals surface area contributed by atoms with Gasteiger partial charge in [-0.25, -0.2) is 14.3 Å². The van der Waals surface area contributed by atoms with E-state index in [2.05, 4.69) is 5.10 Å². The molecular weight excluding hydrogens is 389 g/mol. The maximum Gasteiger partial charge on any atom is 0.346 e. The molecule has 1 aromatic carbocycles. The number of carbonyl (C=O) groups excluding carboxylic acids is 1. The summed E-state index contributed by atoms with van der Waals surface area (Å²) in [6.07, 6.45) is 1.84. The third kappa shape index (κ3) is 4.31. The highest BCUT2D eigenvalue weighted by Crippen LogP contribution is 2.36. The smallest absolute Gasteiger partial charge is 0.346 e. The van der Waals surface area contributed by atoms with Gasteiger partial charge in [0.15, 0.2) is 10.9 Å². The van der Waals surface area contributed by atoms with Gasteiger partial charge in [0.2, 0.25) is 0 Å². The van der Waals surface area contributed by atoms with Gasteiger partial charge in [-0.15, -0.1) is 5.10 Å². The number of carbonyl (C=O) groups is 1. The lowest BCUT2D eigenvalue weighted by Gasteiger charge is -2.12. The molecule has 0 amide bonds. The van der Waals surface area contributed by atoms with Gasteiger partial charge in [-0.3, -0.25) is 4.57 Å². The summed E-state index contributed by atoms with van der Waals surface area (Å²) in [5, 5.41) is 5.12. The monoisotopic (exact) mass is 405 g/mol. The van der Waals surface area contributed by atoms with Gasteiger partial charge in [-0.2, -0.15) is 0 Å². The van der Waals surface area contributed by atoms with Crippen molar-refractivity contribution in [3.8, 4) is 5.75 Å². The van der Waals surface area contributed by atoms with Crippen LogP contribution >= 0.6 is 35.0 Å². The van der Waals surface area contributed by atoms with E-state index in [1.165, 1.54) is 33.1 Å². The molecule has 0 atom stereocenters. The minimum atomic E-state index is -0.556. The SMILES string of the molecule is CCOC(=O)c1ccc(Cl)c(OCCn2nc(SC)n(C)c2=O)c1Cl. The number of aromatic nitrogens is 3. The normalized spacial score (nSPS) is 10.8. The van der Waals surface area contributed by atoms with Crippen LogP contribution in [0.5, 0.6) is 5.75 Å². The fourth-order valence-corrected chi connectivity index (χ4v) is 3.15. The molecule has 25 heavy (non-hydrogen) atoms. The van der Waals surface area contributed by atoms with Crippen molar-refractivity contribution in [2.24, 2.45) is 7.05 Å². The zero-order valence-electron chi connectivity index (χ0n) is 13.9. The van der Waals surface area contributed by atoms with Gasteiger partial charge in [0.1, 0.15) is 6.61 Å². The molecule has 1 aromatic heterocycles. The van der Waals surface area contributed by atoms with E-state index in [1.54, 1.807) is 14.0 Å². The summed E-state index contributed by atoms with van der Waals surface area (Å²) in [5.41, 5.74) is -0.0759. The number of ether oxygens (including phenoxy) is 2. The first-order valence-electron chi connectivity index (χ1n) is 7.36. The zero-order chi connectivity index (χ0) is 18.6. The van der Waals surface area contributed by atoms with E-state index in [-0.39, 0.29) is 46.8 Å². The van der Waals surface area contributed by atoms with E-state index >= 15 is 0 Å². The summed E-state index contributed by atoms with van der Waals surface area (Å²) in [5.74, 6) is -0.387. The van der Waals surface area contributed by atoms with Crippen LogP contribution in [-0.2, 0) is 18.3 Å². The van der Waals surface area contributed by atoms with Crippen LogP contribution in [0.1, 0.15) is 17.3 Å². The Morgan fingerprint density at radius 2 is 2.08 bits per heavy atom. The van der Waals surface area contributed by atoms with Gasteiger partial charge in [0.25, 0.3) is 0 Å². The van der Waals surface area contributed by atoms with Crippen molar-refractivity contribution < 1.29 is 14.3 Å². The van der Waals surface area contributed by atoms with Crippen LogP contribution in [0.15, 0.2) is 22.1 Å². The van der Waals surface area contributed by atoms with Crippen LogP contribution in [-0.4, -0.2) is 39.8 Å². The zero-order valence-corrected chi connectivity index (χ0v) is 16.2. The molecule has 2 aromatic rings. The first-order valence-corrected chi connectivity index (χ1v) is 9.34. The Labute approximate surface area is 158 Å². The number of hydrogen-bond donors (Lipinski definition) is 0. The molecule has 136 valence electrons. The fraction of sp³-hybridized carbons (Fsp3) is 0.400. The second-order valence-electron chi connectivity index (χ2n) is 4.86. The first kappa shape index (κ1) is 19.7. The number of rotatable bonds is 7. The topological polar surface area (TPSA) is 75.3 Å². The molecule has 0 N–H and O–H groups in total. The van der Waals surface area contributed by atoms with Crippen molar-refractivity contribution in [2.75, 3.05) is 19.5 Å². The molecule has 0 saturated heterocycles. The Kier molecular flexibility index (Phi) is 6.80. The third-order valence-corrected chi connectivity index (χ3v) is 4.67. The van der Waals surface area contributed by atoms with Crippen molar-refractivity contribution in [3.05, 3.63) is 38.2 Å². The number of halogens is 2. The van der Waals surface area contributed by atoms with Gasteiger partial charge in [0.05, 0.1) is 28.8 Å². The molecular formula is C15H17Cl2N3O4S. The molecule has 0 radical (unpaired) electrons. The third-order valence-electron chi connectivity index (χ3n) is 3.28. The van der Waals surface area contributed by atoms with Gasteiger partial charge >= 0.3 is 11.7 Å². The largest absolute Gasteiger partial charge is 0.488 e. The number of esters is 1. The molecule has 0 spiro atoms. The number of benzene rings is 1.